The van der Waals surface area contributed by atoms with Crippen LogP contribution in [0.1, 0.15) is 32.6 Å². The number of hydrogen-bond donors (Lipinski definition) is 1. The summed E-state index contributed by atoms with van der Waals surface area (Å²) in [6, 6.07) is 0. The molecule has 1 heterocycles. The van der Waals surface area contributed by atoms with Gasteiger partial charge in [-0.25, -0.2) is 0 Å². The highest BCUT2D eigenvalue weighted by Crippen LogP contribution is 2.12. The van der Waals surface area contributed by atoms with Crippen molar-refractivity contribution in [2.75, 3.05) is 26.2 Å². The summed E-state index contributed by atoms with van der Waals surface area (Å²) in [5.74, 6) is -0.550. The highest BCUT2D eigenvalue weighted by atomic mass is 32.2. The van der Waals surface area contributed by atoms with Crippen molar-refractivity contribution in [3.05, 3.63) is 0 Å². The zero-order valence-electron chi connectivity index (χ0n) is 10.1. The van der Waals surface area contributed by atoms with Gasteiger partial charge in [-0.2, -0.15) is 17.4 Å². The lowest BCUT2D eigenvalue weighted by Crippen LogP contribution is -2.43. The second-order valence-corrected chi connectivity index (χ2v) is 5.70. The lowest BCUT2D eigenvalue weighted by Gasteiger charge is -2.19. The summed E-state index contributed by atoms with van der Waals surface area (Å²) in [5.41, 5.74) is 0. The molecule has 1 rings (SSSR count). The quantitative estimate of drug-likeness (QED) is 0.723. The van der Waals surface area contributed by atoms with Gasteiger partial charge in [0, 0.05) is 13.1 Å². The van der Waals surface area contributed by atoms with Crippen molar-refractivity contribution >= 4 is 16.2 Å². The number of nitrogens with zero attached hydrogens (tertiary/aromatic N) is 1. The maximum absolute atomic E-state index is 11.9. The van der Waals surface area contributed by atoms with Crippen molar-refractivity contribution in [2.45, 2.75) is 32.6 Å². The molecular formula is C10H20N2O4S. The van der Waals surface area contributed by atoms with Gasteiger partial charge in [0.25, 0.3) is 10.2 Å². The van der Waals surface area contributed by atoms with Crippen LogP contribution in [-0.4, -0.2) is 44.9 Å². The molecule has 6 nitrogen and oxygen atoms in total. The van der Waals surface area contributed by atoms with E-state index in [0.717, 1.165) is 25.7 Å². The Hall–Kier alpha value is -0.660. The molecule has 1 N–H and O–H groups in total. The van der Waals surface area contributed by atoms with Crippen LogP contribution in [0.2, 0.25) is 0 Å². The predicted octanol–water partition coefficient (Wildman–Crippen LogP) is 0.260. The molecule has 0 radical (unpaired) electrons. The molecule has 1 aliphatic rings. The SMILES string of the molecule is CCOC(=O)CNS(=O)(=O)N1CCCCCC1. The third kappa shape index (κ3) is 5.01. The van der Waals surface area contributed by atoms with E-state index in [0.29, 0.717) is 13.1 Å². The minimum Gasteiger partial charge on any atom is -0.465 e. The zero-order chi connectivity index (χ0) is 12.7. The molecule has 0 saturated carbocycles. The molecule has 100 valence electrons. The number of hydrogen-bond acceptors (Lipinski definition) is 4. The zero-order valence-corrected chi connectivity index (χ0v) is 11.0. The van der Waals surface area contributed by atoms with Crippen molar-refractivity contribution in [2.24, 2.45) is 0 Å². The molecule has 7 heteroatoms. The first kappa shape index (κ1) is 14.4. The molecule has 1 fully saturated rings. The van der Waals surface area contributed by atoms with Gasteiger partial charge in [-0.05, 0) is 19.8 Å². The van der Waals surface area contributed by atoms with Crippen LogP contribution in [0.4, 0.5) is 0 Å². The Morgan fingerprint density at radius 1 is 1.24 bits per heavy atom. The summed E-state index contributed by atoms with van der Waals surface area (Å²) in [6.45, 7) is 2.69. The average Bonchev–Trinajstić information content (AvgIpc) is 2.56. The maximum atomic E-state index is 11.9. The van der Waals surface area contributed by atoms with E-state index in [4.69, 9.17) is 0 Å². The summed E-state index contributed by atoms with van der Waals surface area (Å²) in [4.78, 5) is 11.1. The summed E-state index contributed by atoms with van der Waals surface area (Å²) in [7, 11) is -3.54. The van der Waals surface area contributed by atoms with Crippen molar-refractivity contribution in [3.63, 3.8) is 0 Å². The molecule has 0 atom stereocenters. The van der Waals surface area contributed by atoms with Gasteiger partial charge in [-0.15, -0.1) is 0 Å². The second-order valence-electron chi connectivity index (χ2n) is 3.94. The van der Waals surface area contributed by atoms with E-state index in [2.05, 4.69) is 9.46 Å². The number of esters is 1. The number of rotatable bonds is 5. The maximum Gasteiger partial charge on any atom is 0.321 e. The van der Waals surface area contributed by atoms with Crippen molar-refractivity contribution < 1.29 is 17.9 Å². The Kier molecular flexibility index (Phi) is 5.87. The van der Waals surface area contributed by atoms with E-state index in [-0.39, 0.29) is 13.2 Å². The number of nitrogens with one attached hydrogen (secondary N) is 1. The van der Waals surface area contributed by atoms with Crippen molar-refractivity contribution in [3.8, 4) is 0 Å². The third-order valence-corrected chi connectivity index (χ3v) is 4.16. The smallest absolute Gasteiger partial charge is 0.321 e. The van der Waals surface area contributed by atoms with E-state index >= 15 is 0 Å². The monoisotopic (exact) mass is 264 g/mol. The Morgan fingerprint density at radius 3 is 2.35 bits per heavy atom. The van der Waals surface area contributed by atoms with Crippen LogP contribution in [0.5, 0.6) is 0 Å². The van der Waals surface area contributed by atoms with Gasteiger partial charge in [-0.3, -0.25) is 4.79 Å². The van der Waals surface area contributed by atoms with Crippen LogP contribution < -0.4 is 4.72 Å². The minimum atomic E-state index is -3.54. The molecular weight excluding hydrogens is 244 g/mol. The summed E-state index contributed by atoms with van der Waals surface area (Å²) < 4.78 is 32.0. The van der Waals surface area contributed by atoms with E-state index in [1.54, 1.807) is 6.92 Å². The summed E-state index contributed by atoms with van der Waals surface area (Å²) >= 11 is 0. The number of ether oxygens (including phenoxy) is 1. The second kappa shape index (κ2) is 6.93. The van der Waals surface area contributed by atoms with Gasteiger partial charge in [-0.1, -0.05) is 12.8 Å². The molecule has 0 amide bonds. The number of carbonyl (C=O) groups excluding carboxylic acids is 1. The van der Waals surface area contributed by atoms with Crippen LogP contribution in [0, 0.1) is 0 Å². The van der Waals surface area contributed by atoms with E-state index in [1.807, 2.05) is 0 Å². The van der Waals surface area contributed by atoms with Gasteiger partial charge >= 0.3 is 5.97 Å². The van der Waals surface area contributed by atoms with Gasteiger partial charge in [0.1, 0.15) is 6.54 Å². The van der Waals surface area contributed by atoms with Gasteiger partial charge in [0.05, 0.1) is 6.61 Å². The molecule has 0 aromatic heterocycles. The Morgan fingerprint density at radius 2 is 1.82 bits per heavy atom. The molecule has 0 unspecified atom stereocenters. The fourth-order valence-electron chi connectivity index (χ4n) is 1.74. The first-order valence-electron chi connectivity index (χ1n) is 5.96. The van der Waals surface area contributed by atoms with E-state index < -0.39 is 16.2 Å². The van der Waals surface area contributed by atoms with Crippen molar-refractivity contribution in [1.29, 1.82) is 0 Å². The summed E-state index contributed by atoms with van der Waals surface area (Å²) in [5, 5.41) is 0. The topological polar surface area (TPSA) is 75.7 Å². The lowest BCUT2D eigenvalue weighted by atomic mass is 10.2. The molecule has 1 aliphatic heterocycles. The molecule has 0 spiro atoms. The first-order valence-corrected chi connectivity index (χ1v) is 7.40. The van der Waals surface area contributed by atoms with E-state index in [9.17, 15) is 13.2 Å². The molecule has 0 aromatic rings. The van der Waals surface area contributed by atoms with Crippen molar-refractivity contribution in [1.82, 2.24) is 9.03 Å². The third-order valence-electron chi connectivity index (χ3n) is 2.61. The van der Waals surface area contributed by atoms with Crippen LogP contribution in [0.25, 0.3) is 0 Å². The van der Waals surface area contributed by atoms with Crippen LogP contribution in [-0.2, 0) is 19.7 Å². The largest absolute Gasteiger partial charge is 0.465 e. The molecule has 0 aliphatic carbocycles. The Labute approximate surface area is 102 Å². The molecule has 1 saturated heterocycles. The normalized spacial score (nSPS) is 18.6. The fourth-order valence-corrected chi connectivity index (χ4v) is 2.96. The van der Waals surface area contributed by atoms with Crippen LogP contribution in [0.15, 0.2) is 0 Å². The van der Waals surface area contributed by atoms with E-state index in [1.165, 1.54) is 4.31 Å². The van der Waals surface area contributed by atoms with Gasteiger partial charge in [0.15, 0.2) is 0 Å². The van der Waals surface area contributed by atoms with Gasteiger partial charge < -0.3 is 4.74 Å². The predicted molar refractivity (Wildman–Crippen MR) is 63.6 cm³/mol. The Balaban J connectivity index is 2.46. The Bertz CT molecular complexity index is 334. The highest BCUT2D eigenvalue weighted by molar-refractivity contribution is 7.87. The lowest BCUT2D eigenvalue weighted by molar-refractivity contribution is -0.141. The fraction of sp³-hybridized carbons (Fsp3) is 0.900. The standard InChI is InChI=1S/C10H20N2O4S/c1-2-16-10(13)9-11-17(14,15)12-7-5-3-4-6-8-12/h11H,2-9H2,1H3. The molecule has 0 aromatic carbocycles. The number of carbonyl (C=O) groups is 1. The average molecular weight is 264 g/mol. The van der Waals surface area contributed by atoms with Gasteiger partial charge in [0.2, 0.25) is 0 Å². The van der Waals surface area contributed by atoms with Crippen LogP contribution >= 0.6 is 0 Å². The highest BCUT2D eigenvalue weighted by Gasteiger charge is 2.23. The minimum absolute atomic E-state index is 0.254. The molecule has 17 heavy (non-hydrogen) atoms. The molecule has 0 bridgehead atoms. The first-order chi connectivity index (χ1) is 8.06. The van der Waals surface area contributed by atoms with Crippen LogP contribution in [0.3, 0.4) is 0 Å². The summed E-state index contributed by atoms with van der Waals surface area (Å²) in [6.07, 6.45) is 3.87.